The first-order chi connectivity index (χ1) is 9.89. The summed E-state index contributed by atoms with van der Waals surface area (Å²) in [6.45, 7) is 2.44. The molecule has 1 atom stereocenters. The summed E-state index contributed by atoms with van der Waals surface area (Å²) in [6.07, 6.45) is -0.671. The van der Waals surface area contributed by atoms with Gasteiger partial charge in [-0.15, -0.1) is 0 Å². The lowest BCUT2D eigenvalue weighted by Gasteiger charge is -2.35. The largest absolute Gasteiger partial charge is 0.370 e. The van der Waals surface area contributed by atoms with Gasteiger partial charge in [0.25, 0.3) is 9.70 Å². The number of benzene rings is 1. The number of ether oxygens (including phenoxy) is 1. The molecule has 21 heavy (non-hydrogen) atoms. The van der Waals surface area contributed by atoms with Crippen molar-refractivity contribution >= 4 is 52.3 Å². The normalized spacial score (nSPS) is 18.3. The molecule has 0 aromatic heterocycles. The SMILES string of the molecule is O=C(N[C@H]([NH+]1CCOCC1)C(Cl)(Cl)Cl)c1ccccc1Cl. The quantitative estimate of drug-likeness (QED) is 0.793. The summed E-state index contributed by atoms with van der Waals surface area (Å²) in [6, 6.07) is 6.75. The smallest absolute Gasteiger partial charge is 0.262 e. The Hall–Kier alpha value is -0.230. The van der Waals surface area contributed by atoms with E-state index in [1.165, 1.54) is 0 Å². The first-order valence-electron chi connectivity index (χ1n) is 6.44. The number of hydrogen-bond acceptors (Lipinski definition) is 2. The van der Waals surface area contributed by atoms with Crippen molar-refractivity contribution in [3.05, 3.63) is 34.9 Å². The van der Waals surface area contributed by atoms with E-state index < -0.39 is 9.96 Å². The lowest BCUT2D eigenvalue weighted by molar-refractivity contribution is -0.934. The van der Waals surface area contributed by atoms with E-state index in [1.54, 1.807) is 24.3 Å². The van der Waals surface area contributed by atoms with Crippen LogP contribution in [0.25, 0.3) is 0 Å². The van der Waals surface area contributed by atoms with Gasteiger partial charge in [-0.05, 0) is 12.1 Å². The Balaban J connectivity index is 2.15. The predicted octanol–water partition coefficient (Wildman–Crippen LogP) is 1.68. The van der Waals surface area contributed by atoms with Crippen molar-refractivity contribution in [1.82, 2.24) is 5.32 Å². The fraction of sp³-hybridized carbons (Fsp3) is 0.462. The number of amides is 1. The molecule has 1 aliphatic rings. The second kappa shape index (κ2) is 7.36. The van der Waals surface area contributed by atoms with Crippen LogP contribution in [-0.4, -0.2) is 42.2 Å². The molecule has 2 rings (SSSR count). The van der Waals surface area contributed by atoms with Crippen LogP contribution in [0.1, 0.15) is 10.4 Å². The molecule has 0 radical (unpaired) electrons. The van der Waals surface area contributed by atoms with Crippen molar-refractivity contribution in [2.24, 2.45) is 0 Å². The minimum absolute atomic E-state index is 0.353. The van der Waals surface area contributed by atoms with Gasteiger partial charge < -0.3 is 9.64 Å². The summed E-state index contributed by atoms with van der Waals surface area (Å²) in [5.41, 5.74) is 0.353. The zero-order valence-corrected chi connectivity index (χ0v) is 14.1. The molecule has 8 heteroatoms. The lowest BCUT2D eigenvalue weighted by atomic mass is 10.2. The van der Waals surface area contributed by atoms with Gasteiger partial charge in [0.15, 0.2) is 0 Å². The van der Waals surface area contributed by atoms with E-state index in [1.807, 2.05) is 0 Å². The summed E-state index contributed by atoms with van der Waals surface area (Å²) in [5.74, 6) is -0.365. The van der Waals surface area contributed by atoms with Crippen molar-refractivity contribution in [3.63, 3.8) is 0 Å². The Morgan fingerprint density at radius 1 is 1.24 bits per heavy atom. The third kappa shape index (κ3) is 4.62. The minimum atomic E-state index is -1.62. The zero-order valence-electron chi connectivity index (χ0n) is 11.0. The Morgan fingerprint density at radius 2 is 1.86 bits per heavy atom. The second-order valence-electron chi connectivity index (χ2n) is 4.70. The van der Waals surface area contributed by atoms with Crippen LogP contribution >= 0.6 is 46.4 Å². The third-order valence-electron chi connectivity index (χ3n) is 3.26. The van der Waals surface area contributed by atoms with Crippen molar-refractivity contribution in [2.45, 2.75) is 9.96 Å². The zero-order chi connectivity index (χ0) is 15.5. The van der Waals surface area contributed by atoms with Crippen LogP contribution in [0.5, 0.6) is 0 Å². The number of carbonyl (C=O) groups is 1. The average Bonchev–Trinajstić information content (AvgIpc) is 2.44. The van der Waals surface area contributed by atoms with Crippen LogP contribution in [0.15, 0.2) is 24.3 Å². The number of morpholine rings is 1. The molecule has 1 aromatic carbocycles. The van der Waals surface area contributed by atoms with Gasteiger partial charge in [-0.3, -0.25) is 10.1 Å². The van der Waals surface area contributed by atoms with Crippen LogP contribution in [0, 0.1) is 0 Å². The highest BCUT2D eigenvalue weighted by Gasteiger charge is 2.43. The fourth-order valence-electron chi connectivity index (χ4n) is 2.19. The minimum Gasteiger partial charge on any atom is -0.370 e. The highest BCUT2D eigenvalue weighted by atomic mass is 35.6. The van der Waals surface area contributed by atoms with Crippen molar-refractivity contribution in [3.8, 4) is 0 Å². The van der Waals surface area contributed by atoms with E-state index in [0.717, 1.165) is 4.90 Å². The van der Waals surface area contributed by atoms with E-state index in [-0.39, 0.29) is 5.91 Å². The summed E-state index contributed by atoms with van der Waals surface area (Å²) in [4.78, 5) is 13.3. The molecule has 0 spiro atoms. The van der Waals surface area contributed by atoms with Gasteiger partial charge in [0.1, 0.15) is 13.1 Å². The van der Waals surface area contributed by atoms with Crippen molar-refractivity contribution < 1.29 is 14.4 Å². The Labute approximate surface area is 143 Å². The molecule has 0 aliphatic carbocycles. The Bertz CT molecular complexity index is 501. The van der Waals surface area contributed by atoms with Gasteiger partial charge in [-0.25, -0.2) is 0 Å². The van der Waals surface area contributed by atoms with Crippen molar-refractivity contribution in [1.29, 1.82) is 0 Å². The molecular formula is C13H15Cl4N2O2+. The fourth-order valence-corrected chi connectivity index (χ4v) is 3.04. The molecule has 0 bridgehead atoms. The molecule has 1 aromatic rings. The molecule has 1 heterocycles. The van der Waals surface area contributed by atoms with Gasteiger partial charge in [0.2, 0.25) is 6.17 Å². The number of halogens is 4. The summed E-state index contributed by atoms with van der Waals surface area (Å²) in [5, 5.41) is 3.13. The van der Waals surface area contributed by atoms with Gasteiger partial charge in [0, 0.05) is 0 Å². The van der Waals surface area contributed by atoms with Gasteiger partial charge in [-0.1, -0.05) is 58.5 Å². The van der Waals surface area contributed by atoms with Crippen LogP contribution in [0.2, 0.25) is 5.02 Å². The molecule has 4 nitrogen and oxygen atoms in total. The molecule has 1 aliphatic heterocycles. The molecule has 1 amide bonds. The Morgan fingerprint density at radius 3 is 2.43 bits per heavy atom. The number of carbonyl (C=O) groups excluding carboxylic acids is 1. The van der Waals surface area contributed by atoms with Crippen LogP contribution in [0.4, 0.5) is 0 Å². The monoisotopic (exact) mass is 371 g/mol. The molecule has 1 fully saturated rings. The topological polar surface area (TPSA) is 42.8 Å². The highest BCUT2D eigenvalue weighted by Crippen LogP contribution is 2.28. The number of nitrogens with one attached hydrogen (secondary N) is 2. The maximum Gasteiger partial charge on any atom is 0.262 e. The van der Waals surface area contributed by atoms with Gasteiger partial charge >= 0.3 is 0 Å². The van der Waals surface area contributed by atoms with Gasteiger partial charge in [0.05, 0.1) is 23.8 Å². The lowest BCUT2D eigenvalue weighted by Crippen LogP contribution is -3.21. The van der Waals surface area contributed by atoms with E-state index in [2.05, 4.69) is 5.32 Å². The first-order valence-corrected chi connectivity index (χ1v) is 7.95. The second-order valence-corrected chi connectivity index (χ2v) is 7.47. The standard InChI is InChI=1S/C13H14Cl4N2O2/c14-10-4-2-1-3-9(10)11(20)18-12(13(15,16)17)19-5-7-21-8-6-19/h1-4,12H,5-8H2,(H,18,20)/p+1/t12-/m1/s1. The number of rotatable bonds is 3. The summed E-state index contributed by atoms with van der Waals surface area (Å²) >= 11 is 24.1. The molecular weight excluding hydrogens is 358 g/mol. The van der Waals surface area contributed by atoms with E-state index in [4.69, 9.17) is 51.1 Å². The van der Waals surface area contributed by atoms with Crippen LogP contribution in [-0.2, 0) is 4.74 Å². The summed E-state index contributed by atoms with van der Waals surface area (Å²) in [7, 11) is 0. The molecule has 0 unspecified atom stereocenters. The summed E-state index contributed by atoms with van der Waals surface area (Å²) < 4.78 is 3.67. The van der Waals surface area contributed by atoms with Gasteiger partial charge in [-0.2, -0.15) is 0 Å². The number of quaternary nitrogens is 1. The number of hydrogen-bond donors (Lipinski definition) is 2. The average molecular weight is 373 g/mol. The van der Waals surface area contributed by atoms with Crippen molar-refractivity contribution in [2.75, 3.05) is 26.3 Å². The number of alkyl halides is 3. The maximum absolute atomic E-state index is 12.3. The predicted molar refractivity (Wildman–Crippen MR) is 84.5 cm³/mol. The molecule has 2 N–H and O–H groups in total. The van der Waals surface area contributed by atoms with E-state index >= 15 is 0 Å². The maximum atomic E-state index is 12.3. The molecule has 0 saturated carbocycles. The first kappa shape index (κ1) is 17.1. The van der Waals surface area contributed by atoms with E-state index in [0.29, 0.717) is 36.9 Å². The molecule has 1 saturated heterocycles. The van der Waals surface area contributed by atoms with Crippen LogP contribution in [0.3, 0.4) is 0 Å². The Kier molecular flexibility index (Phi) is 6.00. The van der Waals surface area contributed by atoms with E-state index in [9.17, 15) is 4.79 Å². The highest BCUT2D eigenvalue weighted by molar-refractivity contribution is 6.68. The molecule has 116 valence electrons. The van der Waals surface area contributed by atoms with Crippen LogP contribution < -0.4 is 10.2 Å². The third-order valence-corrected chi connectivity index (χ3v) is 4.25.